The van der Waals surface area contributed by atoms with Gasteiger partial charge in [0.2, 0.25) is 11.9 Å². The molecule has 1 aliphatic heterocycles. The molecule has 0 saturated heterocycles. The van der Waals surface area contributed by atoms with Crippen molar-refractivity contribution in [1.29, 1.82) is 0 Å². The molecule has 7 nitrogen and oxygen atoms in total. The van der Waals surface area contributed by atoms with Gasteiger partial charge in [-0.25, -0.2) is 4.99 Å². The molecule has 0 aromatic heterocycles. The van der Waals surface area contributed by atoms with Crippen molar-refractivity contribution in [3.63, 3.8) is 0 Å². The van der Waals surface area contributed by atoms with Gasteiger partial charge >= 0.3 is 0 Å². The molecule has 0 radical (unpaired) electrons. The number of nitrogens with two attached hydrogens (primary N) is 2. The van der Waals surface area contributed by atoms with Gasteiger partial charge in [-0.3, -0.25) is 9.69 Å². The summed E-state index contributed by atoms with van der Waals surface area (Å²) in [5, 5.41) is 0. The van der Waals surface area contributed by atoms with E-state index in [0.29, 0.717) is 17.3 Å². The number of guanidine groups is 2. The number of anilines is 1. The largest absolute Gasteiger partial charge is 0.495 e. The number of benzene rings is 1. The quantitative estimate of drug-likeness (QED) is 0.825. The van der Waals surface area contributed by atoms with Crippen LogP contribution >= 0.6 is 0 Å². The zero-order chi connectivity index (χ0) is 17.3. The van der Waals surface area contributed by atoms with E-state index >= 15 is 0 Å². The van der Waals surface area contributed by atoms with Crippen molar-refractivity contribution in [2.45, 2.75) is 44.7 Å². The summed E-state index contributed by atoms with van der Waals surface area (Å²) in [6.45, 7) is 1.53. The predicted molar refractivity (Wildman–Crippen MR) is 94.5 cm³/mol. The lowest BCUT2D eigenvalue weighted by atomic mass is 9.87. The van der Waals surface area contributed by atoms with E-state index in [1.165, 1.54) is 13.3 Å². The maximum absolute atomic E-state index is 11.6. The maximum Gasteiger partial charge on any atom is 0.220 e. The molecule has 1 aromatic carbocycles. The van der Waals surface area contributed by atoms with Crippen LogP contribution < -0.4 is 21.1 Å². The molecule has 0 bridgehead atoms. The number of Topliss-reactive ketones (excluding diaryl/α,β-unsaturated/α-hetero) is 1. The highest BCUT2D eigenvalue weighted by molar-refractivity contribution is 6.06. The van der Waals surface area contributed by atoms with Crippen LogP contribution in [-0.4, -0.2) is 30.5 Å². The van der Waals surface area contributed by atoms with Crippen LogP contribution in [0, 0.1) is 0 Å². The third kappa shape index (κ3) is 2.70. The van der Waals surface area contributed by atoms with E-state index in [0.717, 1.165) is 31.4 Å². The average Bonchev–Trinajstić information content (AvgIpc) is 2.54. The number of hydrogen-bond donors (Lipinski definition) is 2. The first-order valence-corrected chi connectivity index (χ1v) is 8.15. The first-order chi connectivity index (χ1) is 11.5. The van der Waals surface area contributed by atoms with Gasteiger partial charge in [-0.2, -0.15) is 4.99 Å². The van der Waals surface area contributed by atoms with Crippen molar-refractivity contribution in [2.75, 3.05) is 12.0 Å². The lowest BCUT2D eigenvalue weighted by Crippen LogP contribution is -2.58. The minimum atomic E-state index is -0.529. The third-order valence-corrected chi connectivity index (χ3v) is 4.68. The Kier molecular flexibility index (Phi) is 4.17. The van der Waals surface area contributed by atoms with Crippen LogP contribution in [0.5, 0.6) is 5.75 Å². The lowest BCUT2D eigenvalue weighted by molar-refractivity contribution is 0.101. The van der Waals surface area contributed by atoms with E-state index in [2.05, 4.69) is 9.98 Å². The summed E-state index contributed by atoms with van der Waals surface area (Å²) in [7, 11) is 1.57. The molecular weight excluding hydrogens is 306 g/mol. The van der Waals surface area contributed by atoms with E-state index < -0.39 is 5.66 Å². The molecule has 0 atom stereocenters. The number of nitrogens with zero attached hydrogens (tertiary/aromatic N) is 3. The molecule has 128 valence electrons. The third-order valence-electron chi connectivity index (χ3n) is 4.68. The zero-order valence-corrected chi connectivity index (χ0v) is 14.1. The van der Waals surface area contributed by atoms with Crippen LogP contribution in [0.15, 0.2) is 28.2 Å². The number of carbonyl (C=O) groups is 1. The Morgan fingerprint density at radius 3 is 2.58 bits per heavy atom. The first-order valence-electron chi connectivity index (χ1n) is 8.15. The molecule has 3 rings (SSSR count). The van der Waals surface area contributed by atoms with Gasteiger partial charge in [0.15, 0.2) is 5.78 Å². The summed E-state index contributed by atoms with van der Waals surface area (Å²) in [5.41, 5.74) is 12.9. The molecule has 1 spiro atoms. The van der Waals surface area contributed by atoms with Crippen LogP contribution in [0.2, 0.25) is 0 Å². The second-order valence-electron chi connectivity index (χ2n) is 6.26. The van der Waals surface area contributed by atoms with E-state index in [9.17, 15) is 4.79 Å². The zero-order valence-electron chi connectivity index (χ0n) is 14.1. The SMILES string of the molecule is COc1cc(C(C)=O)ccc1N1C(N)=NC(N)=NC12CCCCC2. The highest BCUT2D eigenvalue weighted by Gasteiger charge is 2.43. The Bertz CT molecular complexity index is 720. The Morgan fingerprint density at radius 2 is 1.96 bits per heavy atom. The van der Waals surface area contributed by atoms with Crippen LogP contribution in [0.25, 0.3) is 0 Å². The molecule has 4 N–H and O–H groups in total. The number of hydrogen-bond acceptors (Lipinski definition) is 7. The Labute approximate surface area is 141 Å². The first kappa shape index (κ1) is 16.3. The molecule has 7 heteroatoms. The molecule has 1 saturated carbocycles. The monoisotopic (exact) mass is 329 g/mol. The summed E-state index contributed by atoms with van der Waals surface area (Å²) in [6, 6.07) is 5.33. The van der Waals surface area contributed by atoms with Crippen molar-refractivity contribution in [2.24, 2.45) is 21.5 Å². The van der Waals surface area contributed by atoms with E-state index in [1.807, 2.05) is 11.0 Å². The van der Waals surface area contributed by atoms with Crippen LogP contribution in [-0.2, 0) is 0 Å². The number of rotatable bonds is 3. The number of aliphatic imine (C=N–C) groups is 2. The molecule has 0 amide bonds. The average molecular weight is 329 g/mol. The number of ketones is 1. The van der Waals surface area contributed by atoms with Gasteiger partial charge in [-0.05, 0) is 50.8 Å². The maximum atomic E-state index is 11.6. The van der Waals surface area contributed by atoms with Gasteiger partial charge in [-0.15, -0.1) is 0 Å². The number of ether oxygens (including phenoxy) is 1. The molecule has 1 fully saturated rings. The van der Waals surface area contributed by atoms with Crippen molar-refractivity contribution in [3.8, 4) is 5.75 Å². The second-order valence-corrected chi connectivity index (χ2v) is 6.26. The predicted octanol–water partition coefficient (Wildman–Crippen LogP) is 2.01. The summed E-state index contributed by atoms with van der Waals surface area (Å²) in [5.74, 6) is 1.07. The van der Waals surface area contributed by atoms with Gasteiger partial charge in [0.05, 0.1) is 12.8 Å². The summed E-state index contributed by atoms with van der Waals surface area (Å²) >= 11 is 0. The van der Waals surface area contributed by atoms with Gasteiger partial charge in [-0.1, -0.05) is 6.42 Å². The van der Waals surface area contributed by atoms with E-state index in [1.54, 1.807) is 19.2 Å². The summed E-state index contributed by atoms with van der Waals surface area (Å²) in [4.78, 5) is 22.3. The molecule has 1 heterocycles. The Hall–Kier alpha value is -2.57. The molecule has 2 aliphatic rings. The lowest BCUT2D eigenvalue weighted by Gasteiger charge is -2.45. The minimum Gasteiger partial charge on any atom is -0.495 e. The fourth-order valence-electron chi connectivity index (χ4n) is 3.55. The highest BCUT2D eigenvalue weighted by Crippen LogP contribution is 2.42. The van der Waals surface area contributed by atoms with Crippen LogP contribution in [0.3, 0.4) is 0 Å². The van der Waals surface area contributed by atoms with E-state index in [4.69, 9.17) is 16.2 Å². The fourth-order valence-corrected chi connectivity index (χ4v) is 3.55. The van der Waals surface area contributed by atoms with Gasteiger partial charge in [0.1, 0.15) is 11.4 Å². The second kappa shape index (κ2) is 6.14. The molecule has 24 heavy (non-hydrogen) atoms. The Morgan fingerprint density at radius 1 is 1.25 bits per heavy atom. The fraction of sp³-hybridized carbons (Fsp3) is 0.471. The topological polar surface area (TPSA) is 106 Å². The van der Waals surface area contributed by atoms with Gasteiger partial charge < -0.3 is 16.2 Å². The van der Waals surface area contributed by atoms with Crippen LogP contribution in [0.1, 0.15) is 49.4 Å². The van der Waals surface area contributed by atoms with Crippen LogP contribution in [0.4, 0.5) is 5.69 Å². The molecular formula is C17H23N5O2. The molecule has 1 aromatic rings. The van der Waals surface area contributed by atoms with E-state index in [-0.39, 0.29) is 11.7 Å². The molecule has 0 unspecified atom stereocenters. The number of carbonyl (C=O) groups excluding carboxylic acids is 1. The molecule has 1 aliphatic carbocycles. The highest BCUT2D eigenvalue weighted by atomic mass is 16.5. The van der Waals surface area contributed by atoms with Gasteiger partial charge in [0, 0.05) is 5.56 Å². The normalized spacial score (nSPS) is 19.7. The van der Waals surface area contributed by atoms with Crippen molar-refractivity contribution >= 4 is 23.4 Å². The summed E-state index contributed by atoms with van der Waals surface area (Å²) < 4.78 is 5.51. The summed E-state index contributed by atoms with van der Waals surface area (Å²) in [6.07, 6.45) is 4.97. The standard InChI is InChI=1S/C17H23N5O2/c1-11(23)12-6-7-13(14(10-12)24-2)22-16(19)20-15(18)21-17(22)8-4-3-5-9-17/h6-7,10H,3-5,8-9H2,1-2H3,(H4,18,19,20,21). The van der Waals surface area contributed by atoms with Crippen molar-refractivity contribution in [3.05, 3.63) is 23.8 Å². The smallest absolute Gasteiger partial charge is 0.220 e. The minimum absolute atomic E-state index is 0.0187. The van der Waals surface area contributed by atoms with Crippen molar-refractivity contribution in [1.82, 2.24) is 0 Å². The van der Waals surface area contributed by atoms with Crippen molar-refractivity contribution < 1.29 is 9.53 Å². The number of methoxy groups -OCH3 is 1. The Balaban J connectivity index is 2.12. The van der Waals surface area contributed by atoms with Gasteiger partial charge in [0.25, 0.3) is 0 Å².